The number of aryl methyl sites for hydroxylation is 6. The molecule has 0 saturated heterocycles. The quantitative estimate of drug-likeness (QED) is 0.105. The van der Waals surface area contributed by atoms with Crippen LogP contribution in [0.15, 0.2) is 109 Å². The molecule has 58 heavy (non-hydrogen) atoms. The van der Waals surface area contributed by atoms with Crippen molar-refractivity contribution in [2.24, 2.45) is 10.8 Å². The van der Waals surface area contributed by atoms with Crippen LogP contribution in [0.5, 0.6) is 0 Å². The number of aromatic nitrogens is 6. The molecule has 0 amide bonds. The first-order valence-corrected chi connectivity index (χ1v) is 18.2. The van der Waals surface area contributed by atoms with Crippen molar-refractivity contribution in [1.82, 2.24) is 29.9 Å². The molecular formula is C48H58Ir2N6O2-2. The van der Waals surface area contributed by atoms with E-state index in [4.69, 9.17) is 0 Å². The SMILES string of the molecule is C.CC(C)(C)C(=O)C=C(O)C(C)(C)C.Cc1c[c-]c(-c2ccccn2)c(C)n1.Cc1c[c-]c(-c2ccccn2)c(C)n1.Cc1ccc(-c2ccccn2)c(C)n1.[Ir].[Ir]. The predicted molar refractivity (Wildman–Crippen MR) is 230 cm³/mol. The number of rotatable bonds is 4. The Labute approximate surface area is 374 Å². The van der Waals surface area contributed by atoms with Crippen LogP contribution >= 0.6 is 0 Å². The van der Waals surface area contributed by atoms with Crippen LogP contribution in [0.4, 0.5) is 0 Å². The molecule has 0 aliphatic rings. The van der Waals surface area contributed by atoms with Crippen LogP contribution in [0.1, 0.15) is 83.1 Å². The molecule has 6 aromatic heterocycles. The van der Waals surface area contributed by atoms with E-state index in [0.29, 0.717) is 0 Å². The summed E-state index contributed by atoms with van der Waals surface area (Å²) in [7, 11) is 0. The maximum Gasteiger partial charge on any atom is 0.164 e. The van der Waals surface area contributed by atoms with Gasteiger partial charge in [-0.25, -0.2) is 0 Å². The molecule has 6 aromatic rings. The number of allylic oxidation sites excluding steroid dienone is 2. The van der Waals surface area contributed by atoms with Crippen LogP contribution in [0.25, 0.3) is 33.8 Å². The van der Waals surface area contributed by atoms with Gasteiger partial charge in [-0.1, -0.05) is 107 Å². The summed E-state index contributed by atoms with van der Waals surface area (Å²) in [4.78, 5) is 37.5. The van der Waals surface area contributed by atoms with Gasteiger partial charge >= 0.3 is 0 Å². The molecule has 0 bridgehead atoms. The average molecular weight is 1140 g/mol. The van der Waals surface area contributed by atoms with Crippen LogP contribution in [0.2, 0.25) is 0 Å². The second-order valence-electron chi connectivity index (χ2n) is 15.1. The van der Waals surface area contributed by atoms with E-state index in [1.807, 2.05) is 156 Å². The van der Waals surface area contributed by atoms with Gasteiger partial charge in [-0.05, 0) is 84.4 Å². The Hall–Kier alpha value is -4.59. The first-order valence-electron chi connectivity index (χ1n) is 18.2. The van der Waals surface area contributed by atoms with E-state index >= 15 is 0 Å². The number of hydrogen-bond acceptors (Lipinski definition) is 8. The molecule has 1 N–H and O–H groups in total. The third kappa shape index (κ3) is 17.5. The predicted octanol–water partition coefficient (Wildman–Crippen LogP) is 11.6. The number of carbonyl (C=O) groups is 1. The number of nitrogens with zero attached hydrogens (tertiary/aromatic N) is 6. The molecule has 312 valence electrons. The normalized spacial score (nSPS) is 10.6. The standard InChI is InChI=1S/C12H12N2.2C12H11N2.C11H20O2.CH4.2Ir/c3*1-9-6-7-11(10(2)14-9)12-5-3-4-8-13-12;1-10(2,3)8(12)7-9(13)11(4,5)6;;;/h3-8H,1-2H3;2*3-6,8H,1-2H3;7,12H,1-6H3;1H4;;/q;2*-1;;;;. The summed E-state index contributed by atoms with van der Waals surface area (Å²) in [6, 6.07) is 31.8. The van der Waals surface area contributed by atoms with Crippen LogP contribution in [0.3, 0.4) is 0 Å². The van der Waals surface area contributed by atoms with Crippen LogP contribution in [-0.2, 0) is 45.0 Å². The van der Waals surface area contributed by atoms with Gasteiger partial charge in [-0.15, -0.1) is 35.4 Å². The smallest absolute Gasteiger partial charge is 0.164 e. The number of aliphatic hydroxyl groups excluding tert-OH is 1. The summed E-state index contributed by atoms with van der Waals surface area (Å²) in [5.74, 6) is 0.104. The second-order valence-corrected chi connectivity index (χ2v) is 15.1. The first-order chi connectivity index (χ1) is 25.9. The molecule has 0 unspecified atom stereocenters. The maximum absolute atomic E-state index is 11.5. The van der Waals surface area contributed by atoms with E-state index < -0.39 is 5.41 Å². The second kappa shape index (κ2) is 25.0. The third-order valence-electron chi connectivity index (χ3n) is 8.05. The minimum atomic E-state index is -0.417. The van der Waals surface area contributed by atoms with E-state index in [1.165, 1.54) is 6.08 Å². The summed E-state index contributed by atoms with van der Waals surface area (Å²) in [6.45, 7) is 23.0. The average Bonchev–Trinajstić information content (AvgIpc) is 3.13. The summed E-state index contributed by atoms with van der Waals surface area (Å²) >= 11 is 0. The number of pyridine rings is 6. The van der Waals surface area contributed by atoms with Gasteiger partial charge in [0.25, 0.3) is 0 Å². The van der Waals surface area contributed by atoms with Crippen molar-refractivity contribution in [2.45, 2.75) is 90.5 Å². The summed E-state index contributed by atoms with van der Waals surface area (Å²) in [5, 5.41) is 9.56. The minimum Gasteiger partial charge on any atom is -0.512 e. The van der Waals surface area contributed by atoms with Gasteiger partial charge in [-0.3, -0.25) is 14.8 Å². The number of aliphatic hydroxyl groups is 1. The monoisotopic (exact) mass is 1140 g/mol. The van der Waals surface area contributed by atoms with Gasteiger partial charge < -0.3 is 25.0 Å². The zero-order valence-electron chi connectivity index (χ0n) is 35.0. The molecule has 0 aliphatic carbocycles. The molecule has 0 atom stereocenters. The molecule has 8 nitrogen and oxygen atoms in total. The van der Waals surface area contributed by atoms with Crippen molar-refractivity contribution in [3.63, 3.8) is 0 Å². The largest absolute Gasteiger partial charge is 0.512 e. The Morgan fingerprint density at radius 2 is 0.948 bits per heavy atom. The molecule has 6 heterocycles. The Morgan fingerprint density at radius 1 is 0.552 bits per heavy atom. The van der Waals surface area contributed by atoms with Gasteiger partial charge in [0.05, 0.1) is 5.69 Å². The zero-order chi connectivity index (χ0) is 40.8. The van der Waals surface area contributed by atoms with Crippen molar-refractivity contribution in [3.8, 4) is 33.8 Å². The van der Waals surface area contributed by atoms with E-state index in [-0.39, 0.29) is 64.6 Å². The Morgan fingerprint density at radius 3 is 1.28 bits per heavy atom. The fraction of sp³-hybridized carbons (Fsp3) is 0.312. The van der Waals surface area contributed by atoms with Crippen molar-refractivity contribution in [1.29, 1.82) is 0 Å². The Kier molecular flexibility index (Phi) is 23.0. The first kappa shape index (κ1) is 53.4. The number of carbonyl (C=O) groups excluding carboxylic acids is 1. The summed E-state index contributed by atoms with van der Waals surface area (Å²) in [5.41, 5.74) is 11.2. The van der Waals surface area contributed by atoms with Gasteiger partial charge in [-0.2, -0.15) is 0 Å². The van der Waals surface area contributed by atoms with Gasteiger partial charge in [0.1, 0.15) is 5.76 Å². The molecule has 0 aliphatic heterocycles. The number of ketones is 1. The molecular weight excluding hydrogens is 1080 g/mol. The van der Waals surface area contributed by atoms with Crippen LogP contribution in [0, 0.1) is 64.5 Å². The van der Waals surface area contributed by atoms with Crippen LogP contribution < -0.4 is 0 Å². The Balaban J connectivity index is 0.000000735. The van der Waals surface area contributed by atoms with Crippen molar-refractivity contribution in [2.75, 3.05) is 0 Å². The fourth-order valence-electron chi connectivity index (χ4n) is 4.84. The van der Waals surface area contributed by atoms with E-state index in [2.05, 4.69) is 48.1 Å². The molecule has 0 fully saturated rings. The Bertz CT molecular complexity index is 1960. The third-order valence-corrected chi connectivity index (χ3v) is 8.05. The molecule has 2 radical (unpaired) electrons. The van der Waals surface area contributed by atoms with E-state index in [9.17, 15) is 9.90 Å². The minimum absolute atomic E-state index is 0. The van der Waals surface area contributed by atoms with Crippen molar-refractivity contribution >= 4 is 5.78 Å². The molecule has 10 heteroatoms. The fourth-order valence-corrected chi connectivity index (χ4v) is 4.84. The van der Waals surface area contributed by atoms with Gasteiger partial charge in [0.15, 0.2) is 5.78 Å². The summed E-state index contributed by atoms with van der Waals surface area (Å²) < 4.78 is 0. The van der Waals surface area contributed by atoms with E-state index in [1.54, 1.807) is 18.6 Å². The zero-order valence-corrected chi connectivity index (χ0v) is 39.8. The van der Waals surface area contributed by atoms with E-state index in [0.717, 1.165) is 67.9 Å². The summed E-state index contributed by atoms with van der Waals surface area (Å²) in [6.07, 6.45) is 6.69. The molecule has 0 aromatic carbocycles. The molecule has 0 spiro atoms. The maximum atomic E-state index is 11.5. The van der Waals surface area contributed by atoms with Crippen molar-refractivity contribution < 1.29 is 50.1 Å². The molecule has 0 saturated carbocycles. The van der Waals surface area contributed by atoms with Gasteiger partial charge in [0.2, 0.25) is 0 Å². The molecule has 6 rings (SSSR count). The van der Waals surface area contributed by atoms with Gasteiger partial charge in [0, 0.05) is 92.7 Å². The van der Waals surface area contributed by atoms with Crippen molar-refractivity contribution in [3.05, 3.63) is 156 Å². The van der Waals surface area contributed by atoms with Crippen LogP contribution in [-0.4, -0.2) is 40.8 Å². The number of hydrogen-bond donors (Lipinski definition) is 1. The topological polar surface area (TPSA) is 115 Å².